The van der Waals surface area contributed by atoms with E-state index in [0.717, 1.165) is 22.1 Å². The van der Waals surface area contributed by atoms with Crippen molar-refractivity contribution in [2.75, 3.05) is 68.6 Å². The van der Waals surface area contributed by atoms with Gasteiger partial charge in [-0.3, -0.25) is 0 Å². The molecular formula is C12H32Cl2N4O5. The molecule has 0 aliphatic rings. The second kappa shape index (κ2) is 17.4. The Balaban J connectivity index is -0.0000000735. The number of primary amides is 2. The van der Waals surface area contributed by atoms with Gasteiger partial charge in [-0.15, -0.1) is 0 Å². The molecular weight excluding hydrogens is 351 g/mol. The average Bonchev–Trinajstić information content (AvgIpc) is 2.11. The minimum absolute atomic E-state index is 0. The summed E-state index contributed by atoms with van der Waals surface area (Å²) in [4.78, 5) is 18.9. The summed E-state index contributed by atoms with van der Waals surface area (Å²) in [6, 6.07) is 0. The molecule has 0 fully saturated rings. The van der Waals surface area contributed by atoms with Crippen LogP contribution in [-0.2, 0) is 4.74 Å². The minimum Gasteiger partial charge on any atom is -1.00 e. The number of carbonyl (C=O) groups excluding carboxylic acids is 1. The van der Waals surface area contributed by atoms with Crippen LogP contribution in [-0.4, -0.2) is 100.0 Å². The Bertz CT molecular complexity index is 290. The number of ether oxygens (including phenoxy) is 1. The number of nitrogens with zero attached hydrogens (tertiary/aromatic N) is 2. The van der Waals surface area contributed by atoms with E-state index in [-0.39, 0.29) is 31.4 Å². The van der Waals surface area contributed by atoms with Crippen LogP contribution >= 0.6 is 0 Å². The molecule has 0 aromatic carbocycles. The van der Waals surface area contributed by atoms with Gasteiger partial charge < -0.3 is 60.2 Å². The molecule has 6 N–H and O–H groups in total. The fraction of sp³-hybridized carbons (Fsp3) is 0.833. The van der Waals surface area contributed by atoms with E-state index in [1.807, 2.05) is 21.1 Å². The molecule has 0 unspecified atom stereocenters. The van der Waals surface area contributed by atoms with Crippen LogP contribution < -0.4 is 36.3 Å². The van der Waals surface area contributed by atoms with E-state index in [1.165, 1.54) is 0 Å². The van der Waals surface area contributed by atoms with Gasteiger partial charge in [0.25, 0.3) is 0 Å². The molecule has 2 amide bonds. The quantitative estimate of drug-likeness (QED) is 0.350. The monoisotopic (exact) mass is 382 g/mol. The first-order chi connectivity index (χ1) is 9.21. The molecule has 0 spiro atoms. The third-order valence-electron chi connectivity index (χ3n) is 1.78. The van der Waals surface area contributed by atoms with E-state index >= 15 is 0 Å². The summed E-state index contributed by atoms with van der Waals surface area (Å²) in [5, 5.41) is 15.6. The Morgan fingerprint density at radius 2 is 1.22 bits per heavy atom. The Labute approximate surface area is 151 Å². The van der Waals surface area contributed by atoms with Gasteiger partial charge in [-0.1, -0.05) is 0 Å². The van der Waals surface area contributed by atoms with Gasteiger partial charge in [-0.05, 0) is 0 Å². The molecule has 9 nitrogen and oxygen atoms in total. The van der Waals surface area contributed by atoms with Crippen molar-refractivity contribution in [3.8, 4) is 0 Å². The first kappa shape index (κ1) is 33.6. The number of hydrogen-bond donors (Lipinski definition) is 4. The van der Waals surface area contributed by atoms with E-state index in [1.54, 1.807) is 0 Å². The van der Waals surface area contributed by atoms with Gasteiger partial charge in [0.1, 0.15) is 19.7 Å². The van der Waals surface area contributed by atoms with Crippen molar-refractivity contribution in [1.82, 2.24) is 0 Å². The van der Waals surface area contributed by atoms with Crippen molar-refractivity contribution in [2.45, 2.75) is 0 Å². The Hall–Kier alpha value is -1.00. The Morgan fingerprint density at radius 3 is 1.35 bits per heavy atom. The SMILES string of the molecule is C[N+](C)(C)CCO.C[N+](C)(C)CCOC(N)=O.NC(=O)O.[Cl-].[Cl-]. The van der Waals surface area contributed by atoms with Crippen LogP contribution in [0.15, 0.2) is 0 Å². The molecule has 0 bridgehead atoms. The largest absolute Gasteiger partial charge is 1.00 e. The predicted octanol–water partition coefficient (Wildman–Crippen LogP) is -6.90. The highest BCUT2D eigenvalue weighted by Crippen LogP contribution is 1.88. The first-order valence-corrected chi connectivity index (χ1v) is 6.33. The number of carbonyl (C=O) groups is 2. The summed E-state index contributed by atoms with van der Waals surface area (Å²) in [6.07, 6.45) is -2.03. The van der Waals surface area contributed by atoms with Gasteiger partial charge >= 0.3 is 12.2 Å². The van der Waals surface area contributed by atoms with Gasteiger partial charge in [0, 0.05) is 0 Å². The van der Waals surface area contributed by atoms with E-state index in [0.29, 0.717) is 6.61 Å². The van der Waals surface area contributed by atoms with Gasteiger partial charge in [0.2, 0.25) is 0 Å². The second-order valence-electron chi connectivity index (χ2n) is 6.26. The summed E-state index contributed by atoms with van der Waals surface area (Å²) in [5.74, 6) is 0. The van der Waals surface area contributed by atoms with Crippen LogP contribution in [0.1, 0.15) is 0 Å². The standard InChI is InChI=1S/C6H14N2O2.C5H14NO.CH3NO2.2ClH/c1-8(2,3)4-5-10-6(7)9;1-6(2,3)4-5-7;2-1(3)4;;/h4-5H2,1-3H3,(H-,7,9);7H,4-5H2,1-3H3;2H2,(H,3,4);2*1H/q;+1;;;/p-1. The molecule has 0 saturated heterocycles. The lowest BCUT2D eigenvalue weighted by Crippen LogP contribution is -3.00. The van der Waals surface area contributed by atoms with Gasteiger partial charge in [-0.2, -0.15) is 0 Å². The van der Waals surface area contributed by atoms with Crippen molar-refractivity contribution in [3.63, 3.8) is 0 Å². The van der Waals surface area contributed by atoms with Crippen LogP contribution in [0.5, 0.6) is 0 Å². The predicted molar refractivity (Wildman–Crippen MR) is 80.6 cm³/mol. The molecule has 0 saturated carbocycles. The summed E-state index contributed by atoms with van der Waals surface area (Å²) in [6.45, 7) is 2.28. The summed E-state index contributed by atoms with van der Waals surface area (Å²) < 4.78 is 6.16. The topological polar surface area (TPSA) is 136 Å². The summed E-state index contributed by atoms with van der Waals surface area (Å²) in [5.41, 5.74) is 8.78. The molecule has 0 aromatic heterocycles. The summed E-state index contributed by atoms with van der Waals surface area (Å²) in [7, 11) is 12.2. The van der Waals surface area contributed by atoms with Crippen molar-refractivity contribution in [1.29, 1.82) is 0 Å². The van der Waals surface area contributed by atoms with Crippen LogP contribution in [0.25, 0.3) is 0 Å². The van der Waals surface area contributed by atoms with Crippen LogP contribution in [0.2, 0.25) is 0 Å². The van der Waals surface area contributed by atoms with Gasteiger partial charge in [0.15, 0.2) is 0 Å². The number of aliphatic hydroxyl groups excluding tert-OH is 1. The molecule has 0 aliphatic carbocycles. The van der Waals surface area contributed by atoms with Crippen LogP contribution in [0.3, 0.4) is 0 Å². The zero-order valence-corrected chi connectivity index (χ0v) is 16.3. The lowest BCUT2D eigenvalue weighted by molar-refractivity contribution is -0.870. The lowest BCUT2D eigenvalue weighted by atomic mass is 10.5. The zero-order valence-electron chi connectivity index (χ0n) is 14.8. The second-order valence-corrected chi connectivity index (χ2v) is 6.26. The lowest BCUT2D eigenvalue weighted by Gasteiger charge is -2.22. The van der Waals surface area contributed by atoms with E-state index in [2.05, 4.69) is 31.6 Å². The third-order valence-corrected chi connectivity index (χ3v) is 1.78. The first-order valence-electron chi connectivity index (χ1n) is 6.33. The number of aliphatic hydroxyl groups is 1. The normalized spacial score (nSPS) is 9.52. The van der Waals surface area contributed by atoms with Crippen LogP contribution in [0, 0.1) is 0 Å². The molecule has 0 radical (unpaired) electrons. The fourth-order valence-corrected chi connectivity index (χ4v) is 0.720. The highest BCUT2D eigenvalue weighted by molar-refractivity contribution is 5.64. The number of likely N-dealkylation sites (N-methyl/N-ethyl adjacent to an activating group) is 2. The number of rotatable bonds is 5. The molecule has 0 rings (SSSR count). The number of halogens is 2. The van der Waals surface area contributed by atoms with Crippen molar-refractivity contribution >= 4 is 12.2 Å². The number of amides is 2. The zero-order chi connectivity index (χ0) is 17.7. The molecule has 0 atom stereocenters. The number of carboxylic acid groups (broad SMARTS) is 1. The maximum absolute atomic E-state index is 10.1. The summed E-state index contributed by atoms with van der Waals surface area (Å²) >= 11 is 0. The van der Waals surface area contributed by atoms with E-state index in [9.17, 15) is 4.79 Å². The number of quaternary nitrogens is 2. The molecule has 0 aromatic rings. The maximum Gasteiger partial charge on any atom is 0.404 e. The molecule has 0 aliphatic heterocycles. The highest BCUT2D eigenvalue weighted by Gasteiger charge is 2.06. The average molecular weight is 383 g/mol. The highest BCUT2D eigenvalue weighted by atomic mass is 35.5. The number of hydrogen-bond acceptors (Lipinski definition) is 4. The molecule has 11 heteroatoms. The number of nitrogens with two attached hydrogens (primary N) is 2. The van der Waals surface area contributed by atoms with Gasteiger partial charge in [0.05, 0.1) is 48.9 Å². The minimum atomic E-state index is -1.33. The molecule has 23 heavy (non-hydrogen) atoms. The van der Waals surface area contributed by atoms with E-state index < -0.39 is 12.2 Å². The van der Waals surface area contributed by atoms with Crippen molar-refractivity contribution in [2.24, 2.45) is 11.5 Å². The van der Waals surface area contributed by atoms with Crippen molar-refractivity contribution < 1.29 is 58.3 Å². The Kier molecular flexibility index (Phi) is 25.3. The maximum atomic E-state index is 10.1. The Morgan fingerprint density at radius 1 is 0.913 bits per heavy atom. The van der Waals surface area contributed by atoms with Crippen molar-refractivity contribution in [3.05, 3.63) is 0 Å². The molecule has 0 heterocycles. The molecule has 144 valence electrons. The van der Waals surface area contributed by atoms with E-state index in [4.69, 9.17) is 20.7 Å². The van der Waals surface area contributed by atoms with Crippen LogP contribution in [0.4, 0.5) is 9.59 Å². The van der Waals surface area contributed by atoms with Gasteiger partial charge in [-0.25, -0.2) is 9.59 Å². The third kappa shape index (κ3) is 75.8. The smallest absolute Gasteiger partial charge is 0.404 e. The fourth-order valence-electron chi connectivity index (χ4n) is 0.720.